The summed E-state index contributed by atoms with van der Waals surface area (Å²) in [7, 11) is 0. The summed E-state index contributed by atoms with van der Waals surface area (Å²) in [4.78, 5) is 39.1. The number of nitrogens with one attached hydrogen (secondary N) is 1. The molecule has 9 nitrogen and oxygen atoms in total. The Labute approximate surface area is 222 Å². The normalized spacial score (nSPS) is 23.9. The molecule has 3 fully saturated rings. The lowest BCUT2D eigenvalue weighted by Crippen LogP contribution is -2.36. The molecule has 198 valence electrons. The van der Waals surface area contributed by atoms with Gasteiger partial charge in [0.25, 0.3) is 5.91 Å². The van der Waals surface area contributed by atoms with Crippen molar-refractivity contribution >= 4 is 23.0 Å². The van der Waals surface area contributed by atoms with E-state index >= 15 is 0 Å². The van der Waals surface area contributed by atoms with E-state index < -0.39 is 6.09 Å². The molecule has 3 aliphatic heterocycles. The molecule has 1 N–H and O–H groups in total. The number of hydrogen-bond donors (Lipinski definition) is 1. The second-order valence-electron chi connectivity index (χ2n) is 10.5. The van der Waals surface area contributed by atoms with Crippen LogP contribution < -0.4 is 5.32 Å². The predicted molar refractivity (Wildman–Crippen MR) is 142 cm³/mol. The van der Waals surface area contributed by atoms with Crippen molar-refractivity contribution in [1.29, 1.82) is 0 Å². The molecule has 4 heterocycles. The molecule has 0 aliphatic carbocycles. The van der Waals surface area contributed by atoms with Crippen molar-refractivity contribution < 1.29 is 19.1 Å². The molecule has 0 saturated carbocycles. The van der Waals surface area contributed by atoms with Crippen molar-refractivity contribution in [3.63, 3.8) is 0 Å². The maximum absolute atomic E-state index is 13.2. The van der Waals surface area contributed by atoms with Crippen molar-refractivity contribution in [2.24, 2.45) is 11.8 Å². The first-order valence-electron chi connectivity index (χ1n) is 13.5. The largest absolute Gasteiger partial charge is 0.444 e. The van der Waals surface area contributed by atoms with E-state index in [1.165, 1.54) is 0 Å². The Bertz CT molecular complexity index is 1270. The van der Waals surface area contributed by atoms with Gasteiger partial charge in [-0.25, -0.2) is 9.78 Å². The molecule has 3 aromatic rings. The Morgan fingerprint density at radius 1 is 1.00 bits per heavy atom. The van der Waals surface area contributed by atoms with Crippen molar-refractivity contribution in [2.45, 2.75) is 25.0 Å². The summed E-state index contributed by atoms with van der Waals surface area (Å²) in [6, 6.07) is 17.5. The van der Waals surface area contributed by atoms with E-state index in [-0.39, 0.29) is 18.1 Å². The number of rotatable bonds is 7. The Kier molecular flexibility index (Phi) is 7.20. The van der Waals surface area contributed by atoms with Gasteiger partial charge >= 0.3 is 6.09 Å². The number of alkyl carbamates (subject to hydrolysis) is 1. The fraction of sp³-hybridized carbons (Fsp3) is 0.448. The molecule has 38 heavy (non-hydrogen) atoms. The molecule has 6 rings (SSSR count). The number of fused-ring (bicyclic) bond motifs is 2. The van der Waals surface area contributed by atoms with Gasteiger partial charge in [-0.3, -0.25) is 9.78 Å². The number of likely N-dealkylation sites (tertiary alicyclic amines) is 2. The van der Waals surface area contributed by atoms with Gasteiger partial charge in [0.15, 0.2) is 0 Å². The zero-order valence-electron chi connectivity index (χ0n) is 21.4. The lowest BCUT2D eigenvalue weighted by atomic mass is 10.0. The first-order chi connectivity index (χ1) is 18.6. The minimum atomic E-state index is -0.390. The molecule has 2 amide bonds. The summed E-state index contributed by atoms with van der Waals surface area (Å²) in [5.74, 6) is 0.856. The van der Waals surface area contributed by atoms with Crippen molar-refractivity contribution in [3.05, 3.63) is 72.1 Å². The summed E-state index contributed by atoms with van der Waals surface area (Å²) in [5, 5.41) is 3.08. The van der Waals surface area contributed by atoms with Gasteiger partial charge in [0, 0.05) is 39.1 Å². The highest BCUT2D eigenvalue weighted by Gasteiger charge is 2.42. The number of carbonyl (C=O) groups is 2. The molecule has 9 heteroatoms. The van der Waals surface area contributed by atoms with Gasteiger partial charge in [-0.15, -0.1) is 0 Å². The molecule has 3 saturated heterocycles. The quantitative estimate of drug-likeness (QED) is 0.516. The number of benzene rings is 2. The van der Waals surface area contributed by atoms with Gasteiger partial charge in [-0.05, 0) is 36.0 Å². The number of nitrogens with zero attached hydrogens (tertiary/aromatic N) is 4. The zero-order chi connectivity index (χ0) is 25.9. The SMILES string of the molecule is O=C(NC(CCN1CC2CN(C(=O)c3cnc4ccccc4n3)C[C@@H]2C1)c1ccccc1)OC1CCOC1. The fourth-order valence-corrected chi connectivity index (χ4v) is 5.91. The highest BCUT2D eigenvalue weighted by Crippen LogP contribution is 2.32. The number of amides is 2. The van der Waals surface area contributed by atoms with Gasteiger partial charge in [-0.1, -0.05) is 42.5 Å². The van der Waals surface area contributed by atoms with Crippen molar-refractivity contribution in [2.75, 3.05) is 45.9 Å². The topological polar surface area (TPSA) is 96.9 Å². The summed E-state index contributed by atoms with van der Waals surface area (Å²) in [6.45, 7) is 5.34. The molecular weight excluding hydrogens is 482 g/mol. The van der Waals surface area contributed by atoms with E-state index in [1.807, 2.05) is 59.5 Å². The lowest BCUT2D eigenvalue weighted by molar-refractivity contribution is 0.0768. The number of hydrogen-bond acceptors (Lipinski definition) is 7. The Morgan fingerprint density at radius 2 is 1.74 bits per heavy atom. The molecule has 1 aromatic heterocycles. The number of aromatic nitrogens is 2. The van der Waals surface area contributed by atoms with Crippen LogP contribution in [0.3, 0.4) is 0 Å². The van der Waals surface area contributed by atoms with Crippen LogP contribution >= 0.6 is 0 Å². The summed E-state index contributed by atoms with van der Waals surface area (Å²) < 4.78 is 10.9. The standard InChI is InChI=1S/C29H33N5O4/c35-28(27-14-30-25-8-4-5-9-26(25)31-27)34-17-21-15-33(16-22(21)18-34)12-10-24(20-6-2-1-3-7-20)32-29(36)38-23-11-13-37-19-23/h1-9,14,21-24H,10-13,15-19H2,(H,32,36)/t21-,22?,23?,24?/m0/s1. The number of ether oxygens (including phenoxy) is 2. The monoisotopic (exact) mass is 515 g/mol. The highest BCUT2D eigenvalue weighted by atomic mass is 16.6. The maximum atomic E-state index is 13.2. The predicted octanol–water partition coefficient (Wildman–Crippen LogP) is 3.28. The van der Waals surface area contributed by atoms with Gasteiger partial charge in [0.05, 0.1) is 36.5 Å². The van der Waals surface area contributed by atoms with Crippen molar-refractivity contribution in [3.8, 4) is 0 Å². The van der Waals surface area contributed by atoms with Gasteiger partial charge < -0.3 is 24.6 Å². The van der Waals surface area contributed by atoms with Crippen LogP contribution in [0.2, 0.25) is 0 Å². The van der Waals surface area contributed by atoms with Gasteiger partial charge in [0.1, 0.15) is 11.8 Å². The molecule has 0 spiro atoms. The van der Waals surface area contributed by atoms with Gasteiger partial charge in [0.2, 0.25) is 0 Å². The van der Waals surface area contributed by atoms with Gasteiger partial charge in [-0.2, -0.15) is 0 Å². The van der Waals surface area contributed by atoms with Crippen LogP contribution in [0.25, 0.3) is 11.0 Å². The average Bonchev–Trinajstić information content (AvgIpc) is 3.68. The van der Waals surface area contributed by atoms with Crippen molar-refractivity contribution in [1.82, 2.24) is 25.1 Å². The average molecular weight is 516 g/mol. The summed E-state index contributed by atoms with van der Waals surface area (Å²) in [5.41, 5.74) is 3.01. The molecule has 0 radical (unpaired) electrons. The van der Waals surface area contributed by atoms with E-state index in [1.54, 1.807) is 6.20 Å². The second-order valence-corrected chi connectivity index (χ2v) is 10.5. The summed E-state index contributed by atoms with van der Waals surface area (Å²) >= 11 is 0. The molecule has 3 unspecified atom stereocenters. The Morgan fingerprint density at radius 3 is 2.47 bits per heavy atom. The van der Waals surface area contributed by atoms with Crippen LogP contribution in [0.4, 0.5) is 4.79 Å². The smallest absolute Gasteiger partial charge is 0.407 e. The van der Waals surface area contributed by atoms with E-state index in [4.69, 9.17) is 9.47 Å². The van der Waals surface area contributed by atoms with E-state index in [0.29, 0.717) is 30.7 Å². The lowest BCUT2D eigenvalue weighted by Gasteiger charge is -2.25. The fourth-order valence-electron chi connectivity index (χ4n) is 5.91. The van der Waals surface area contributed by atoms with Crippen LogP contribution in [0.5, 0.6) is 0 Å². The van der Waals surface area contributed by atoms with E-state index in [9.17, 15) is 9.59 Å². The van der Waals surface area contributed by atoms with Crippen LogP contribution in [-0.4, -0.2) is 83.8 Å². The minimum Gasteiger partial charge on any atom is -0.444 e. The third kappa shape index (κ3) is 5.49. The molecule has 0 bridgehead atoms. The first kappa shape index (κ1) is 24.8. The molecular formula is C29H33N5O4. The Hall–Kier alpha value is -3.56. The van der Waals surface area contributed by atoms with Crippen LogP contribution in [-0.2, 0) is 9.47 Å². The second kappa shape index (κ2) is 11.0. The Balaban J connectivity index is 1.03. The van der Waals surface area contributed by atoms with Crippen LogP contribution in [0.1, 0.15) is 34.9 Å². The molecule has 2 aromatic carbocycles. The molecule has 3 aliphatic rings. The first-order valence-corrected chi connectivity index (χ1v) is 13.5. The zero-order valence-corrected chi connectivity index (χ0v) is 21.4. The number of para-hydroxylation sites is 2. The highest BCUT2D eigenvalue weighted by molar-refractivity contribution is 5.94. The molecule has 4 atom stereocenters. The van der Waals surface area contributed by atoms with E-state index in [0.717, 1.165) is 62.2 Å². The van der Waals surface area contributed by atoms with Crippen LogP contribution in [0.15, 0.2) is 60.8 Å². The summed E-state index contributed by atoms with van der Waals surface area (Å²) in [6.07, 6.45) is 2.56. The van der Waals surface area contributed by atoms with Crippen LogP contribution in [0, 0.1) is 11.8 Å². The third-order valence-corrected chi connectivity index (χ3v) is 7.91. The minimum absolute atomic E-state index is 0.0382. The number of carbonyl (C=O) groups excluding carboxylic acids is 2. The third-order valence-electron chi connectivity index (χ3n) is 7.91. The van der Waals surface area contributed by atoms with E-state index in [2.05, 4.69) is 20.2 Å². The maximum Gasteiger partial charge on any atom is 0.407 e.